The molecule has 4 nitrogen and oxygen atoms in total. The second kappa shape index (κ2) is 16.9. The number of amides is 2. The van der Waals surface area contributed by atoms with Crippen molar-refractivity contribution in [3.05, 3.63) is 129 Å². The van der Waals surface area contributed by atoms with Crippen LogP contribution >= 0.6 is 17.0 Å². The molecule has 8 heteroatoms. The van der Waals surface area contributed by atoms with E-state index in [2.05, 4.69) is 149 Å². The summed E-state index contributed by atoms with van der Waals surface area (Å²) < 4.78 is -1.69. The van der Waals surface area contributed by atoms with Crippen molar-refractivity contribution in [3.63, 3.8) is 0 Å². The third-order valence-electron chi connectivity index (χ3n) is 11.8. The van der Waals surface area contributed by atoms with Gasteiger partial charge in [0, 0.05) is 0 Å². The maximum absolute atomic E-state index is 12.6. The molecule has 0 fully saturated rings. The molecular weight excluding hydrogens is 785 g/mol. The summed E-state index contributed by atoms with van der Waals surface area (Å²) in [6.45, 7) is 13.3. The zero-order chi connectivity index (χ0) is 38.6. The Morgan fingerprint density at radius 1 is 0.611 bits per heavy atom. The molecule has 6 rings (SSSR count). The molecule has 2 amide bonds. The number of hydrogen-bond donors (Lipinski definition) is 2. The van der Waals surface area contributed by atoms with Crippen molar-refractivity contribution in [2.45, 2.75) is 99.2 Å². The summed E-state index contributed by atoms with van der Waals surface area (Å²) in [7, 11) is 17.5. The van der Waals surface area contributed by atoms with Crippen molar-refractivity contribution < 1.29 is 25.8 Å². The summed E-state index contributed by atoms with van der Waals surface area (Å²) in [4.78, 5) is 25.2. The summed E-state index contributed by atoms with van der Waals surface area (Å²) in [6, 6.07) is 30.4. The summed E-state index contributed by atoms with van der Waals surface area (Å²) in [5, 5.41) is 6.05. The molecule has 4 aromatic rings. The molecule has 0 saturated carbocycles. The van der Waals surface area contributed by atoms with E-state index in [9.17, 15) is 9.59 Å². The Labute approximate surface area is 331 Å². The quantitative estimate of drug-likeness (QED) is 0.0822. The zero-order valence-corrected chi connectivity index (χ0v) is 36.6. The number of fused-ring (bicyclic) bond motifs is 2. The van der Waals surface area contributed by atoms with Crippen molar-refractivity contribution in [1.82, 2.24) is 10.5 Å². The van der Waals surface area contributed by atoms with Crippen LogP contribution in [0.15, 0.2) is 96.1 Å². The predicted molar refractivity (Wildman–Crippen MR) is 228 cm³/mol. The van der Waals surface area contributed by atoms with E-state index >= 15 is 0 Å². The van der Waals surface area contributed by atoms with Crippen LogP contribution in [-0.4, -0.2) is 17.3 Å². The average Bonchev–Trinajstić information content (AvgIpc) is 3.76. The third kappa shape index (κ3) is 7.17. The van der Waals surface area contributed by atoms with Gasteiger partial charge in [-0.3, -0.25) is 0 Å². The second-order valence-corrected chi connectivity index (χ2v) is 37.3. The third-order valence-corrected chi connectivity index (χ3v) is 31.9. The van der Waals surface area contributed by atoms with E-state index in [-0.39, 0.29) is 7.25 Å². The Morgan fingerprint density at radius 2 is 1.00 bits per heavy atom. The van der Waals surface area contributed by atoms with E-state index in [0.29, 0.717) is 24.7 Å². The first-order valence-corrected chi connectivity index (χ1v) is 30.4. The van der Waals surface area contributed by atoms with Gasteiger partial charge >= 0.3 is 334 Å². The zero-order valence-electron chi connectivity index (χ0n) is 32.6. The number of benzene rings is 4. The molecule has 2 unspecified atom stereocenters. The monoisotopic (exact) mass is 837 g/mol. The molecule has 0 saturated heterocycles. The van der Waals surface area contributed by atoms with Gasteiger partial charge in [-0.1, -0.05) is 0 Å². The van der Waals surface area contributed by atoms with Gasteiger partial charge in [-0.25, -0.2) is 0 Å². The normalized spacial score (nSPS) is 17.0. The molecule has 0 radical (unpaired) electrons. The van der Waals surface area contributed by atoms with Gasteiger partial charge < -0.3 is 0 Å². The van der Waals surface area contributed by atoms with Crippen LogP contribution in [0.25, 0.3) is 34.4 Å². The van der Waals surface area contributed by atoms with E-state index < -0.39 is 20.7 Å². The van der Waals surface area contributed by atoms with Gasteiger partial charge in [-0.15, -0.1) is 0 Å². The minimum atomic E-state index is -5.89. The molecule has 2 N–H and O–H groups in total. The fourth-order valence-electron chi connectivity index (χ4n) is 9.39. The number of rotatable bonds is 17. The molecule has 2 atom stereocenters. The standard InChI is InChI=1S/2C22H25.C2H3BN2O2.2ClH.Zr/c2*1-4-5-9-17-14-18-10-8-13-21(22(18)15-17)20-12-7-6-11-19(20)16(2)3;6-1-4-3-5-2-7;;;/h2*6-8,10-16H,4-5,9H2,1-3H3;1-2H,(H-,4,5,6,7);2*1H;/q;;;;;+1/p-1. The molecule has 4 aromatic carbocycles. The van der Waals surface area contributed by atoms with Crippen molar-refractivity contribution in [1.29, 1.82) is 0 Å². The van der Waals surface area contributed by atoms with E-state index in [0.717, 1.165) is 71.9 Å². The minimum absolute atomic E-state index is 0.331. The molecule has 0 spiro atoms. The van der Waals surface area contributed by atoms with Crippen LogP contribution in [0.1, 0.15) is 133 Å². The van der Waals surface area contributed by atoms with Crippen molar-refractivity contribution in [3.8, 4) is 22.3 Å². The summed E-state index contributed by atoms with van der Waals surface area (Å²) in [5.74, 6) is 0.662. The number of unbranched alkanes of at least 4 members (excludes halogenated alkanes) is 2. The number of hydrogen-bond acceptors (Lipinski definition) is 2. The van der Waals surface area contributed by atoms with Crippen LogP contribution in [0.3, 0.4) is 0 Å². The first kappa shape index (κ1) is 40.5. The molecule has 0 aromatic heterocycles. The molecular formula is C46H54BCl2N2O2Zr. The average molecular weight is 840 g/mol. The van der Waals surface area contributed by atoms with E-state index in [1.54, 1.807) is 0 Å². The van der Waals surface area contributed by atoms with E-state index in [4.69, 9.17) is 17.0 Å². The van der Waals surface area contributed by atoms with E-state index in [1.165, 1.54) is 33.4 Å². The number of nitrogens with one attached hydrogen (secondary N) is 2. The molecule has 0 aliphatic heterocycles. The Morgan fingerprint density at radius 3 is 1.37 bits per heavy atom. The van der Waals surface area contributed by atoms with Gasteiger partial charge in [0.15, 0.2) is 0 Å². The second-order valence-electron chi connectivity index (χ2n) is 15.8. The predicted octanol–water partition coefficient (Wildman–Crippen LogP) is 12.7. The van der Waals surface area contributed by atoms with Gasteiger partial charge in [0.1, 0.15) is 0 Å². The van der Waals surface area contributed by atoms with Gasteiger partial charge in [0.25, 0.3) is 0 Å². The van der Waals surface area contributed by atoms with Crippen molar-refractivity contribution >= 4 is 46.5 Å². The molecule has 2 aliphatic rings. The fourth-order valence-corrected chi connectivity index (χ4v) is 30.1. The van der Waals surface area contributed by atoms with Crippen LogP contribution in [0, 0.1) is 0 Å². The molecule has 54 heavy (non-hydrogen) atoms. The molecule has 281 valence electrons. The van der Waals surface area contributed by atoms with Crippen LogP contribution in [0.2, 0.25) is 0 Å². The van der Waals surface area contributed by atoms with Crippen LogP contribution in [-0.2, 0) is 25.8 Å². The van der Waals surface area contributed by atoms with E-state index in [1.807, 2.05) is 0 Å². The Balaban J connectivity index is 1.68. The summed E-state index contributed by atoms with van der Waals surface area (Å²) in [6.07, 6.45) is 11.6. The summed E-state index contributed by atoms with van der Waals surface area (Å²) in [5.41, 5.74) is 14.1. The van der Waals surface area contributed by atoms with Gasteiger partial charge in [0.2, 0.25) is 0 Å². The van der Waals surface area contributed by atoms with Crippen molar-refractivity contribution in [2.75, 3.05) is 0 Å². The van der Waals surface area contributed by atoms with Crippen LogP contribution in [0.5, 0.6) is 0 Å². The van der Waals surface area contributed by atoms with Crippen LogP contribution in [0.4, 0.5) is 0 Å². The SMILES string of the molecule is CCCCC1=Cc2c(-c3ccccc3C(C)C)cccc2[CH]1[Zr]([Cl])([Cl])([B](NC=O)NC=O)[CH]1C(CCCC)=Cc2c(-c3ccccc3C(C)C)cccc21. The Bertz CT molecular complexity index is 1950. The van der Waals surface area contributed by atoms with Gasteiger partial charge in [-0.2, -0.15) is 0 Å². The first-order chi connectivity index (χ1) is 26.0. The molecule has 0 bridgehead atoms. The van der Waals surface area contributed by atoms with Crippen molar-refractivity contribution in [2.24, 2.45) is 0 Å². The van der Waals surface area contributed by atoms with Crippen LogP contribution < -0.4 is 10.5 Å². The molecule has 0 heterocycles. The maximum atomic E-state index is 12.6. The first-order valence-electron chi connectivity index (χ1n) is 19.8. The number of allylic oxidation sites excluding steroid dienone is 2. The van der Waals surface area contributed by atoms with Gasteiger partial charge in [0.05, 0.1) is 0 Å². The number of carbonyl (C=O) groups excluding carboxylic acids is 2. The Hall–Kier alpha value is -3.17. The molecule has 2 aliphatic carbocycles. The van der Waals surface area contributed by atoms with Gasteiger partial charge in [-0.05, 0) is 0 Å². The topological polar surface area (TPSA) is 58.2 Å². The fraction of sp³-hybridized carbons (Fsp3) is 0.348. The summed E-state index contributed by atoms with van der Waals surface area (Å²) >= 11 is -5.89. The number of carbonyl (C=O) groups is 2. The Kier molecular flexibility index (Phi) is 12.7. The number of halogens is 2.